The van der Waals surface area contributed by atoms with E-state index in [2.05, 4.69) is 17.6 Å². The van der Waals surface area contributed by atoms with Crippen molar-refractivity contribution in [3.63, 3.8) is 0 Å². The summed E-state index contributed by atoms with van der Waals surface area (Å²) in [4.78, 5) is 12.3. The molecule has 0 spiro atoms. The van der Waals surface area contributed by atoms with Crippen LogP contribution in [0.5, 0.6) is 0 Å². The minimum absolute atomic E-state index is 0.0165. The molecule has 18 heavy (non-hydrogen) atoms. The van der Waals surface area contributed by atoms with Crippen LogP contribution in [-0.2, 0) is 9.53 Å². The quantitative estimate of drug-likeness (QED) is 0.793. The van der Waals surface area contributed by atoms with E-state index in [1.54, 1.807) is 0 Å². The molecule has 0 aromatic heterocycles. The van der Waals surface area contributed by atoms with E-state index in [9.17, 15) is 4.79 Å². The lowest BCUT2D eigenvalue weighted by Gasteiger charge is -2.30. The normalized spacial score (nSPS) is 43.1. The van der Waals surface area contributed by atoms with Gasteiger partial charge in [-0.1, -0.05) is 13.3 Å². The maximum atomic E-state index is 12.3. The molecular weight excluding hydrogens is 228 g/mol. The van der Waals surface area contributed by atoms with Crippen molar-refractivity contribution in [1.82, 2.24) is 10.6 Å². The molecule has 0 aromatic rings. The summed E-state index contributed by atoms with van der Waals surface area (Å²) in [7, 11) is 0. The number of piperidine rings is 1. The van der Waals surface area contributed by atoms with Crippen LogP contribution in [-0.4, -0.2) is 36.7 Å². The van der Waals surface area contributed by atoms with Crippen LogP contribution in [0.4, 0.5) is 0 Å². The fourth-order valence-electron chi connectivity index (χ4n) is 3.64. The Kier molecular flexibility index (Phi) is 3.57. The smallest absolute Gasteiger partial charge is 0.237 e. The number of fused-ring (bicyclic) bond motifs is 2. The van der Waals surface area contributed by atoms with Crippen LogP contribution >= 0.6 is 0 Å². The molecule has 1 amide bonds. The number of nitrogens with one attached hydrogen (secondary N) is 2. The first-order valence-corrected chi connectivity index (χ1v) is 7.45. The molecule has 4 heteroatoms. The second-order valence-electron chi connectivity index (χ2n) is 6.03. The van der Waals surface area contributed by atoms with Gasteiger partial charge in [0.15, 0.2) is 0 Å². The van der Waals surface area contributed by atoms with Crippen LogP contribution in [0.3, 0.4) is 0 Å². The van der Waals surface area contributed by atoms with Gasteiger partial charge in [0, 0.05) is 0 Å². The molecule has 4 nitrogen and oxygen atoms in total. The first-order valence-electron chi connectivity index (χ1n) is 7.45. The maximum absolute atomic E-state index is 12.3. The van der Waals surface area contributed by atoms with E-state index in [-0.39, 0.29) is 24.1 Å². The van der Waals surface area contributed by atoms with Crippen LogP contribution < -0.4 is 10.6 Å². The van der Waals surface area contributed by atoms with Gasteiger partial charge in [-0.3, -0.25) is 4.79 Å². The summed E-state index contributed by atoms with van der Waals surface area (Å²) in [5.74, 6) is 0.896. The molecule has 0 saturated carbocycles. The Hall–Kier alpha value is -0.610. The van der Waals surface area contributed by atoms with Crippen molar-refractivity contribution in [2.45, 2.75) is 69.7 Å². The zero-order valence-corrected chi connectivity index (χ0v) is 11.2. The predicted octanol–water partition coefficient (Wildman–Crippen LogP) is 1.20. The molecule has 3 rings (SSSR count). The Morgan fingerprint density at radius 1 is 1.33 bits per heavy atom. The van der Waals surface area contributed by atoms with Gasteiger partial charge in [-0.15, -0.1) is 0 Å². The third-order valence-corrected chi connectivity index (χ3v) is 4.84. The van der Waals surface area contributed by atoms with Crippen molar-refractivity contribution in [3.8, 4) is 0 Å². The third-order valence-electron chi connectivity index (χ3n) is 4.84. The SMILES string of the molecule is CCC1CCNC(C(=O)NC2CC3CCC2O3)C1. The van der Waals surface area contributed by atoms with E-state index in [0.29, 0.717) is 12.0 Å². The largest absolute Gasteiger partial charge is 0.373 e. The van der Waals surface area contributed by atoms with Gasteiger partial charge in [-0.2, -0.15) is 0 Å². The van der Waals surface area contributed by atoms with E-state index in [1.165, 1.54) is 19.3 Å². The number of hydrogen-bond acceptors (Lipinski definition) is 3. The first kappa shape index (κ1) is 12.4. The lowest BCUT2D eigenvalue weighted by Crippen LogP contribution is -2.53. The number of carbonyl (C=O) groups is 1. The molecule has 5 atom stereocenters. The molecule has 2 bridgehead atoms. The highest BCUT2D eigenvalue weighted by molar-refractivity contribution is 5.82. The van der Waals surface area contributed by atoms with Crippen molar-refractivity contribution in [2.75, 3.05) is 6.54 Å². The highest BCUT2D eigenvalue weighted by atomic mass is 16.5. The average Bonchev–Trinajstić information content (AvgIpc) is 3.01. The molecule has 3 saturated heterocycles. The molecule has 3 aliphatic heterocycles. The molecule has 3 fully saturated rings. The van der Waals surface area contributed by atoms with Gasteiger partial charge < -0.3 is 15.4 Å². The second-order valence-corrected chi connectivity index (χ2v) is 6.03. The van der Waals surface area contributed by atoms with Crippen LogP contribution in [0, 0.1) is 5.92 Å². The lowest BCUT2D eigenvalue weighted by molar-refractivity contribution is -0.125. The third kappa shape index (κ3) is 2.41. The van der Waals surface area contributed by atoms with Gasteiger partial charge in [0.25, 0.3) is 0 Å². The molecule has 0 aliphatic carbocycles. The molecule has 3 aliphatic rings. The van der Waals surface area contributed by atoms with Crippen LogP contribution in [0.2, 0.25) is 0 Å². The van der Waals surface area contributed by atoms with Crippen LogP contribution in [0.15, 0.2) is 0 Å². The van der Waals surface area contributed by atoms with Crippen LogP contribution in [0.25, 0.3) is 0 Å². The second kappa shape index (κ2) is 5.17. The zero-order chi connectivity index (χ0) is 12.5. The Morgan fingerprint density at radius 2 is 2.22 bits per heavy atom. The van der Waals surface area contributed by atoms with Crippen molar-refractivity contribution < 1.29 is 9.53 Å². The standard InChI is InChI=1S/C14H24N2O2/c1-2-9-5-6-15-12(7-9)14(17)16-11-8-10-3-4-13(11)18-10/h9-13,15H,2-8H2,1H3,(H,16,17). The lowest BCUT2D eigenvalue weighted by atomic mass is 9.89. The van der Waals surface area contributed by atoms with Gasteiger partial charge in [0.05, 0.1) is 24.3 Å². The highest BCUT2D eigenvalue weighted by Gasteiger charge is 2.42. The maximum Gasteiger partial charge on any atom is 0.237 e. The predicted molar refractivity (Wildman–Crippen MR) is 69.2 cm³/mol. The summed E-state index contributed by atoms with van der Waals surface area (Å²) < 4.78 is 5.78. The van der Waals surface area contributed by atoms with E-state index in [4.69, 9.17) is 4.74 Å². The summed E-state index contributed by atoms with van der Waals surface area (Å²) in [5, 5.41) is 6.55. The number of hydrogen-bond donors (Lipinski definition) is 2. The summed E-state index contributed by atoms with van der Waals surface area (Å²) >= 11 is 0. The van der Waals surface area contributed by atoms with Gasteiger partial charge in [0.1, 0.15) is 0 Å². The molecule has 102 valence electrons. The van der Waals surface area contributed by atoms with Gasteiger partial charge >= 0.3 is 0 Å². The number of rotatable bonds is 3. The fraction of sp³-hybridized carbons (Fsp3) is 0.929. The molecule has 3 heterocycles. The van der Waals surface area contributed by atoms with E-state index >= 15 is 0 Å². The Morgan fingerprint density at radius 3 is 2.89 bits per heavy atom. The van der Waals surface area contributed by atoms with Crippen molar-refractivity contribution in [3.05, 3.63) is 0 Å². The number of amides is 1. The molecule has 5 unspecified atom stereocenters. The van der Waals surface area contributed by atoms with Crippen LogP contribution in [0.1, 0.15) is 45.4 Å². The van der Waals surface area contributed by atoms with E-state index in [0.717, 1.165) is 25.8 Å². The monoisotopic (exact) mass is 252 g/mol. The molecule has 0 aromatic carbocycles. The van der Waals surface area contributed by atoms with E-state index in [1.807, 2.05) is 0 Å². The fourth-order valence-corrected chi connectivity index (χ4v) is 3.64. The topological polar surface area (TPSA) is 50.4 Å². The summed E-state index contributed by atoms with van der Waals surface area (Å²) in [6.45, 7) is 3.19. The van der Waals surface area contributed by atoms with Crippen molar-refractivity contribution in [2.24, 2.45) is 5.92 Å². The zero-order valence-electron chi connectivity index (χ0n) is 11.2. The molecular formula is C14H24N2O2. The van der Waals surface area contributed by atoms with Gasteiger partial charge in [-0.25, -0.2) is 0 Å². The Bertz CT molecular complexity index is 321. The van der Waals surface area contributed by atoms with Crippen molar-refractivity contribution in [1.29, 1.82) is 0 Å². The van der Waals surface area contributed by atoms with Gasteiger partial charge in [-0.05, 0) is 44.6 Å². The van der Waals surface area contributed by atoms with E-state index < -0.39 is 0 Å². The van der Waals surface area contributed by atoms with Gasteiger partial charge in [0.2, 0.25) is 5.91 Å². The highest BCUT2D eigenvalue weighted by Crippen LogP contribution is 2.34. The number of carbonyl (C=O) groups excluding carboxylic acids is 1. The number of ether oxygens (including phenoxy) is 1. The Labute approximate surface area is 109 Å². The molecule has 2 N–H and O–H groups in total. The molecule has 0 radical (unpaired) electrons. The van der Waals surface area contributed by atoms with Crippen molar-refractivity contribution >= 4 is 5.91 Å². The average molecular weight is 252 g/mol. The minimum atomic E-state index is 0.0165. The summed E-state index contributed by atoms with van der Waals surface area (Å²) in [6.07, 6.45) is 7.37. The summed E-state index contributed by atoms with van der Waals surface area (Å²) in [5.41, 5.74) is 0. The Balaban J connectivity index is 1.52. The summed E-state index contributed by atoms with van der Waals surface area (Å²) in [6, 6.07) is 0.280. The minimum Gasteiger partial charge on any atom is -0.373 e. The first-order chi connectivity index (χ1) is 8.76.